The second kappa shape index (κ2) is 10.6. The minimum absolute atomic E-state index is 0.249. The van der Waals surface area contributed by atoms with Gasteiger partial charge in [0.15, 0.2) is 0 Å². The fourth-order valence-electron chi connectivity index (χ4n) is 3.82. The lowest BCUT2D eigenvalue weighted by atomic mass is 10.2. The first-order valence-electron chi connectivity index (χ1n) is 11.4. The Labute approximate surface area is 215 Å². The quantitative estimate of drug-likeness (QED) is 0.287. The van der Waals surface area contributed by atoms with Crippen LogP contribution in [0.15, 0.2) is 71.6 Å². The minimum atomic E-state index is -3.73. The second-order valence-electron chi connectivity index (χ2n) is 8.24. The zero-order chi connectivity index (χ0) is 25.9. The van der Waals surface area contributed by atoms with Gasteiger partial charge in [0.2, 0.25) is 0 Å². The average molecular weight is 525 g/mol. The van der Waals surface area contributed by atoms with E-state index in [0.717, 1.165) is 15.6 Å². The van der Waals surface area contributed by atoms with Crippen LogP contribution < -0.4 is 19.1 Å². The number of nitrogens with zero attached hydrogens (tertiary/aromatic N) is 1. The summed E-state index contributed by atoms with van der Waals surface area (Å²) in [7, 11) is -0.648. The number of sulfonamides is 1. The number of hydrogen-bond acceptors (Lipinski definition) is 6. The Morgan fingerprint density at radius 3 is 2.39 bits per heavy atom. The van der Waals surface area contributed by atoms with Gasteiger partial charge in [-0.25, -0.2) is 8.42 Å². The van der Waals surface area contributed by atoms with Crippen LogP contribution in [0.1, 0.15) is 28.6 Å². The molecule has 3 aromatic carbocycles. The van der Waals surface area contributed by atoms with Crippen LogP contribution in [0.2, 0.25) is 0 Å². The summed E-state index contributed by atoms with van der Waals surface area (Å²) in [5.74, 6) is 0.823. The van der Waals surface area contributed by atoms with Crippen LogP contribution in [0.3, 0.4) is 0 Å². The van der Waals surface area contributed by atoms with E-state index in [9.17, 15) is 13.2 Å². The number of thiophene rings is 1. The number of benzene rings is 3. The third-order valence-corrected chi connectivity index (χ3v) is 8.66. The summed E-state index contributed by atoms with van der Waals surface area (Å²) in [6.45, 7) is 4.20. The molecule has 36 heavy (non-hydrogen) atoms. The van der Waals surface area contributed by atoms with Crippen molar-refractivity contribution in [2.75, 3.05) is 30.4 Å². The average Bonchev–Trinajstić information content (AvgIpc) is 3.31. The monoisotopic (exact) mass is 524 g/mol. The van der Waals surface area contributed by atoms with Crippen LogP contribution in [-0.4, -0.2) is 35.1 Å². The third-order valence-electron chi connectivity index (χ3n) is 5.70. The van der Waals surface area contributed by atoms with Crippen molar-refractivity contribution in [3.05, 3.63) is 77.2 Å². The van der Waals surface area contributed by atoms with Gasteiger partial charge in [0.05, 0.1) is 35.4 Å². The fourth-order valence-corrected chi connectivity index (χ4v) is 6.31. The summed E-state index contributed by atoms with van der Waals surface area (Å²) in [4.78, 5) is 13.8. The predicted molar refractivity (Wildman–Crippen MR) is 145 cm³/mol. The standard InChI is InChI=1S/C27H28N2O5S2/c1-5-14-29(36(31,32)22-10-6-18(2)7-11-22)20-8-13-25-19(15-20)16-26(35-25)27(30)28-23-17-21(33-3)9-12-24(23)34-4/h6-13,15-17H,5,14H2,1-4H3,(H,28,30). The van der Waals surface area contributed by atoms with Crippen LogP contribution >= 0.6 is 11.3 Å². The maximum atomic E-state index is 13.4. The molecule has 0 saturated carbocycles. The lowest BCUT2D eigenvalue weighted by molar-refractivity contribution is 0.103. The number of aryl methyl sites for hydroxylation is 1. The Morgan fingerprint density at radius 1 is 0.972 bits per heavy atom. The molecule has 188 valence electrons. The van der Waals surface area contributed by atoms with Crippen LogP contribution in [0.5, 0.6) is 11.5 Å². The number of amides is 1. The van der Waals surface area contributed by atoms with Crippen LogP contribution in [0.25, 0.3) is 10.1 Å². The molecule has 4 rings (SSSR count). The van der Waals surface area contributed by atoms with E-state index in [1.807, 2.05) is 26.0 Å². The molecule has 0 fully saturated rings. The highest BCUT2D eigenvalue weighted by Crippen LogP contribution is 2.34. The first-order valence-corrected chi connectivity index (χ1v) is 13.7. The Bertz CT molecular complexity index is 1490. The van der Waals surface area contributed by atoms with E-state index in [2.05, 4.69) is 5.32 Å². The molecule has 1 aromatic heterocycles. The van der Waals surface area contributed by atoms with Gasteiger partial charge in [-0.1, -0.05) is 24.6 Å². The lowest BCUT2D eigenvalue weighted by Crippen LogP contribution is -2.31. The first kappa shape index (κ1) is 25.5. The molecule has 7 nitrogen and oxygen atoms in total. The second-order valence-corrected chi connectivity index (χ2v) is 11.2. The van der Waals surface area contributed by atoms with Crippen molar-refractivity contribution in [3.8, 4) is 11.5 Å². The molecule has 0 saturated heterocycles. The van der Waals surface area contributed by atoms with E-state index in [1.165, 1.54) is 22.8 Å². The van der Waals surface area contributed by atoms with Gasteiger partial charge in [-0.2, -0.15) is 0 Å². The lowest BCUT2D eigenvalue weighted by Gasteiger charge is -2.24. The van der Waals surface area contributed by atoms with Gasteiger partial charge >= 0.3 is 0 Å². The van der Waals surface area contributed by atoms with Gasteiger partial charge in [0.1, 0.15) is 11.5 Å². The van der Waals surface area contributed by atoms with Crippen molar-refractivity contribution >= 4 is 48.7 Å². The summed E-state index contributed by atoms with van der Waals surface area (Å²) in [6.07, 6.45) is 0.656. The molecule has 0 spiro atoms. The Hall–Kier alpha value is -3.56. The van der Waals surface area contributed by atoms with Gasteiger partial charge in [0.25, 0.3) is 15.9 Å². The maximum Gasteiger partial charge on any atom is 0.265 e. The molecule has 0 atom stereocenters. The van der Waals surface area contributed by atoms with E-state index in [-0.39, 0.29) is 10.8 Å². The number of hydrogen-bond donors (Lipinski definition) is 1. The normalized spacial score (nSPS) is 11.3. The van der Waals surface area contributed by atoms with E-state index >= 15 is 0 Å². The van der Waals surface area contributed by atoms with Gasteiger partial charge in [0, 0.05) is 17.3 Å². The number of anilines is 2. The van der Waals surface area contributed by atoms with Crippen molar-refractivity contribution in [3.63, 3.8) is 0 Å². The molecule has 0 aliphatic heterocycles. The largest absolute Gasteiger partial charge is 0.497 e. The molecule has 1 N–H and O–H groups in total. The maximum absolute atomic E-state index is 13.4. The summed E-state index contributed by atoms with van der Waals surface area (Å²) >= 11 is 1.34. The smallest absolute Gasteiger partial charge is 0.265 e. The highest BCUT2D eigenvalue weighted by atomic mass is 32.2. The topological polar surface area (TPSA) is 84.9 Å². The zero-order valence-electron chi connectivity index (χ0n) is 20.6. The van der Waals surface area contributed by atoms with Crippen molar-refractivity contribution < 1.29 is 22.7 Å². The number of carbonyl (C=O) groups excluding carboxylic acids is 1. The van der Waals surface area contributed by atoms with E-state index in [0.29, 0.717) is 40.7 Å². The molecule has 0 unspecified atom stereocenters. The van der Waals surface area contributed by atoms with E-state index in [4.69, 9.17) is 9.47 Å². The molecule has 9 heteroatoms. The zero-order valence-corrected chi connectivity index (χ0v) is 22.2. The number of carbonyl (C=O) groups is 1. The fraction of sp³-hybridized carbons (Fsp3) is 0.222. The molecule has 0 bridgehead atoms. The van der Waals surface area contributed by atoms with Crippen LogP contribution in [0.4, 0.5) is 11.4 Å². The molecular weight excluding hydrogens is 496 g/mol. The highest BCUT2D eigenvalue weighted by Gasteiger charge is 2.25. The van der Waals surface area contributed by atoms with E-state index in [1.54, 1.807) is 61.7 Å². The van der Waals surface area contributed by atoms with Crippen LogP contribution in [0, 0.1) is 6.92 Å². The number of ether oxygens (including phenoxy) is 2. The first-order chi connectivity index (χ1) is 17.3. The van der Waals surface area contributed by atoms with Crippen molar-refractivity contribution in [2.45, 2.75) is 25.2 Å². The summed E-state index contributed by atoms with van der Waals surface area (Å²) in [6, 6.07) is 19.2. The highest BCUT2D eigenvalue weighted by molar-refractivity contribution is 7.92. The summed E-state index contributed by atoms with van der Waals surface area (Å²) in [5, 5.41) is 3.67. The Balaban J connectivity index is 1.65. The van der Waals surface area contributed by atoms with Crippen LogP contribution in [-0.2, 0) is 10.0 Å². The molecule has 0 radical (unpaired) electrons. The predicted octanol–water partition coefficient (Wildman–Crippen LogP) is 6.08. The van der Waals surface area contributed by atoms with Crippen molar-refractivity contribution in [2.24, 2.45) is 0 Å². The number of fused-ring (bicyclic) bond motifs is 1. The minimum Gasteiger partial charge on any atom is -0.497 e. The number of rotatable bonds is 9. The molecule has 0 aliphatic rings. The van der Waals surface area contributed by atoms with Crippen molar-refractivity contribution in [1.29, 1.82) is 0 Å². The number of nitrogens with one attached hydrogen (secondary N) is 1. The van der Waals surface area contributed by atoms with Gasteiger partial charge in [-0.3, -0.25) is 9.10 Å². The molecule has 1 heterocycles. The molecule has 4 aromatic rings. The summed E-state index contributed by atoms with van der Waals surface area (Å²) < 4.78 is 39.8. The SMILES string of the molecule is CCCN(c1ccc2sc(C(=O)Nc3cc(OC)ccc3OC)cc2c1)S(=O)(=O)c1ccc(C)cc1. The van der Waals surface area contributed by atoms with E-state index < -0.39 is 10.0 Å². The molecule has 1 amide bonds. The number of methoxy groups -OCH3 is 2. The van der Waals surface area contributed by atoms with Gasteiger partial charge < -0.3 is 14.8 Å². The van der Waals surface area contributed by atoms with Gasteiger partial charge in [-0.05, 0) is 67.3 Å². The Morgan fingerprint density at radius 2 is 1.72 bits per heavy atom. The Kier molecular flexibility index (Phi) is 7.51. The van der Waals surface area contributed by atoms with Crippen molar-refractivity contribution in [1.82, 2.24) is 0 Å². The van der Waals surface area contributed by atoms with Gasteiger partial charge in [-0.15, -0.1) is 11.3 Å². The third kappa shape index (κ3) is 5.17. The molecular formula is C27H28N2O5S2. The summed E-state index contributed by atoms with van der Waals surface area (Å²) in [5.41, 5.74) is 2.05. The molecule has 0 aliphatic carbocycles.